The summed E-state index contributed by atoms with van der Waals surface area (Å²) in [4.78, 5) is 13.2. The van der Waals surface area contributed by atoms with Crippen molar-refractivity contribution in [3.63, 3.8) is 0 Å². The molecule has 3 rings (SSSR count). The third kappa shape index (κ3) is 2.48. The fourth-order valence-corrected chi connectivity index (χ4v) is 3.01. The molecule has 1 saturated heterocycles. The van der Waals surface area contributed by atoms with Gasteiger partial charge in [0.15, 0.2) is 0 Å². The molecule has 0 spiro atoms. The number of fused-ring (bicyclic) bond motifs is 1. The highest BCUT2D eigenvalue weighted by Crippen LogP contribution is 2.22. The first-order chi connectivity index (χ1) is 9.81. The second-order valence-corrected chi connectivity index (χ2v) is 5.53. The summed E-state index contributed by atoms with van der Waals surface area (Å²) in [6.45, 7) is 5.90. The van der Waals surface area contributed by atoms with Gasteiger partial charge in [-0.1, -0.05) is 18.2 Å². The zero-order valence-corrected chi connectivity index (χ0v) is 12.0. The fraction of sp³-hybridized carbons (Fsp3) is 0.500. The minimum Gasteiger partial charge on any atom is -0.303 e. The zero-order valence-electron chi connectivity index (χ0n) is 12.0. The van der Waals surface area contributed by atoms with Gasteiger partial charge < -0.3 is 4.79 Å². The quantitative estimate of drug-likeness (QED) is 0.802. The Morgan fingerprint density at radius 3 is 2.75 bits per heavy atom. The molecule has 0 bridgehead atoms. The van der Waals surface area contributed by atoms with Gasteiger partial charge in [0, 0.05) is 24.4 Å². The Hall–Kier alpha value is -1.68. The summed E-state index contributed by atoms with van der Waals surface area (Å²) in [6.07, 6.45) is 3.07. The Morgan fingerprint density at radius 2 is 2.05 bits per heavy atom. The molecule has 1 fully saturated rings. The molecule has 1 aromatic heterocycles. The largest absolute Gasteiger partial charge is 0.303 e. The van der Waals surface area contributed by atoms with E-state index >= 15 is 0 Å². The average Bonchev–Trinajstić information content (AvgIpc) is 2.86. The van der Waals surface area contributed by atoms with Crippen molar-refractivity contribution in [2.75, 3.05) is 13.1 Å². The van der Waals surface area contributed by atoms with E-state index in [1.165, 1.54) is 10.9 Å². The van der Waals surface area contributed by atoms with Crippen LogP contribution >= 0.6 is 0 Å². The number of likely N-dealkylation sites (tertiary alicyclic amines) is 1. The van der Waals surface area contributed by atoms with Crippen molar-refractivity contribution in [3.05, 3.63) is 30.0 Å². The van der Waals surface area contributed by atoms with Crippen LogP contribution in [0.5, 0.6) is 0 Å². The SMILES string of the molecule is CCn1nc(CN2CCC(C=O)CC2)c2ccccc21. The van der Waals surface area contributed by atoms with E-state index in [-0.39, 0.29) is 5.92 Å². The normalized spacial score (nSPS) is 17.6. The number of benzene rings is 1. The molecule has 2 heterocycles. The third-order valence-electron chi connectivity index (χ3n) is 4.23. The van der Waals surface area contributed by atoms with Crippen LogP contribution < -0.4 is 0 Å². The Balaban J connectivity index is 1.79. The highest BCUT2D eigenvalue weighted by atomic mass is 16.1. The molecule has 0 aliphatic carbocycles. The van der Waals surface area contributed by atoms with Crippen molar-refractivity contribution in [1.82, 2.24) is 14.7 Å². The fourth-order valence-electron chi connectivity index (χ4n) is 3.01. The summed E-state index contributed by atoms with van der Waals surface area (Å²) in [7, 11) is 0. The van der Waals surface area contributed by atoms with Crippen molar-refractivity contribution in [2.24, 2.45) is 5.92 Å². The molecule has 0 saturated carbocycles. The van der Waals surface area contributed by atoms with Crippen LogP contribution in [0.25, 0.3) is 10.9 Å². The van der Waals surface area contributed by atoms with E-state index in [2.05, 4.69) is 40.8 Å². The minimum atomic E-state index is 0.260. The van der Waals surface area contributed by atoms with Gasteiger partial charge in [-0.25, -0.2) is 0 Å². The first kappa shape index (κ1) is 13.3. The van der Waals surface area contributed by atoms with Gasteiger partial charge in [-0.05, 0) is 38.9 Å². The third-order valence-corrected chi connectivity index (χ3v) is 4.23. The first-order valence-electron chi connectivity index (χ1n) is 7.44. The topological polar surface area (TPSA) is 38.1 Å². The van der Waals surface area contributed by atoms with Crippen molar-refractivity contribution >= 4 is 17.2 Å². The monoisotopic (exact) mass is 271 g/mol. The van der Waals surface area contributed by atoms with Crippen LogP contribution in [0.1, 0.15) is 25.5 Å². The number of carbonyl (C=O) groups excluding carboxylic acids is 1. The molecule has 1 aliphatic heterocycles. The standard InChI is InChI=1S/C16H21N3O/c1-2-19-16-6-4-3-5-14(16)15(17-19)11-18-9-7-13(12-20)8-10-18/h3-6,12-13H,2,7-11H2,1H3. The Morgan fingerprint density at radius 1 is 1.30 bits per heavy atom. The number of hydrogen-bond donors (Lipinski definition) is 0. The van der Waals surface area contributed by atoms with Gasteiger partial charge in [0.25, 0.3) is 0 Å². The molecule has 0 N–H and O–H groups in total. The van der Waals surface area contributed by atoms with E-state index in [0.717, 1.165) is 51.0 Å². The maximum Gasteiger partial charge on any atom is 0.123 e. The number of aryl methyl sites for hydroxylation is 1. The molecule has 0 unspecified atom stereocenters. The van der Waals surface area contributed by atoms with E-state index in [9.17, 15) is 4.79 Å². The van der Waals surface area contributed by atoms with E-state index < -0.39 is 0 Å². The summed E-state index contributed by atoms with van der Waals surface area (Å²) in [5, 5.41) is 6.00. The van der Waals surface area contributed by atoms with Crippen molar-refractivity contribution < 1.29 is 4.79 Å². The van der Waals surface area contributed by atoms with Gasteiger partial charge in [-0.2, -0.15) is 5.10 Å². The number of aldehydes is 1. The molecule has 0 amide bonds. The highest BCUT2D eigenvalue weighted by molar-refractivity contribution is 5.81. The number of nitrogens with zero attached hydrogens (tertiary/aromatic N) is 3. The number of para-hydroxylation sites is 1. The lowest BCUT2D eigenvalue weighted by Gasteiger charge is -2.28. The Kier molecular flexibility index (Phi) is 3.83. The summed E-state index contributed by atoms with van der Waals surface area (Å²) in [6, 6.07) is 8.43. The van der Waals surface area contributed by atoms with Crippen molar-refractivity contribution in [3.8, 4) is 0 Å². The smallest absolute Gasteiger partial charge is 0.123 e. The molecule has 1 aromatic carbocycles. The highest BCUT2D eigenvalue weighted by Gasteiger charge is 2.20. The molecule has 2 aromatic rings. The van der Waals surface area contributed by atoms with E-state index in [1.807, 2.05) is 0 Å². The predicted octanol–water partition coefficient (Wildman–Crippen LogP) is 2.47. The molecule has 20 heavy (non-hydrogen) atoms. The summed E-state index contributed by atoms with van der Waals surface area (Å²) in [5.41, 5.74) is 2.37. The number of hydrogen-bond acceptors (Lipinski definition) is 3. The van der Waals surface area contributed by atoms with Crippen LogP contribution in [0.2, 0.25) is 0 Å². The molecule has 0 atom stereocenters. The van der Waals surface area contributed by atoms with E-state index in [4.69, 9.17) is 5.10 Å². The number of carbonyl (C=O) groups is 1. The van der Waals surface area contributed by atoms with Gasteiger partial charge in [-0.3, -0.25) is 9.58 Å². The van der Waals surface area contributed by atoms with E-state index in [1.54, 1.807) is 0 Å². The van der Waals surface area contributed by atoms with Crippen LogP contribution in [0.4, 0.5) is 0 Å². The van der Waals surface area contributed by atoms with Crippen LogP contribution in [0.15, 0.2) is 24.3 Å². The number of aromatic nitrogens is 2. The lowest BCUT2D eigenvalue weighted by molar-refractivity contribution is -0.112. The lowest BCUT2D eigenvalue weighted by Crippen LogP contribution is -2.33. The van der Waals surface area contributed by atoms with Gasteiger partial charge in [0.05, 0.1) is 11.2 Å². The van der Waals surface area contributed by atoms with Crippen LogP contribution in [0.3, 0.4) is 0 Å². The first-order valence-corrected chi connectivity index (χ1v) is 7.44. The zero-order chi connectivity index (χ0) is 13.9. The number of rotatable bonds is 4. The molecule has 0 radical (unpaired) electrons. The van der Waals surface area contributed by atoms with Crippen molar-refractivity contribution in [1.29, 1.82) is 0 Å². The molecule has 4 nitrogen and oxygen atoms in total. The molecular weight excluding hydrogens is 250 g/mol. The maximum atomic E-state index is 10.8. The summed E-state index contributed by atoms with van der Waals surface area (Å²) in [5.74, 6) is 0.260. The molecule has 4 heteroatoms. The van der Waals surface area contributed by atoms with Crippen LogP contribution in [-0.4, -0.2) is 34.1 Å². The van der Waals surface area contributed by atoms with Gasteiger partial charge in [0.2, 0.25) is 0 Å². The second-order valence-electron chi connectivity index (χ2n) is 5.53. The van der Waals surface area contributed by atoms with Gasteiger partial charge in [0.1, 0.15) is 6.29 Å². The van der Waals surface area contributed by atoms with E-state index in [0.29, 0.717) is 0 Å². The molecule has 106 valence electrons. The Bertz CT molecular complexity index is 597. The van der Waals surface area contributed by atoms with Gasteiger partial charge >= 0.3 is 0 Å². The average molecular weight is 271 g/mol. The maximum absolute atomic E-state index is 10.8. The summed E-state index contributed by atoms with van der Waals surface area (Å²) >= 11 is 0. The summed E-state index contributed by atoms with van der Waals surface area (Å²) < 4.78 is 2.07. The second kappa shape index (κ2) is 5.75. The van der Waals surface area contributed by atoms with Crippen molar-refractivity contribution in [2.45, 2.75) is 32.9 Å². The molecular formula is C16H21N3O. The minimum absolute atomic E-state index is 0.260. The Labute approximate surface area is 119 Å². The van der Waals surface area contributed by atoms with Gasteiger partial charge in [-0.15, -0.1) is 0 Å². The molecule has 1 aliphatic rings. The number of piperidine rings is 1. The lowest BCUT2D eigenvalue weighted by atomic mass is 9.98. The predicted molar refractivity (Wildman–Crippen MR) is 79.5 cm³/mol. The van der Waals surface area contributed by atoms with Crippen LogP contribution in [-0.2, 0) is 17.9 Å². The van der Waals surface area contributed by atoms with Crippen LogP contribution in [0, 0.1) is 5.92 Å².